The highest BCUT2D eigenvalue weighted by molar-refractivity contribution is 9.10. The van der Waals surface area contributed by atoms with Gasteiger partial charge in [-0.05, 0) is 51.6 Å². The van der Waals surface area contributed by atoms with Gasteiger partial charge in [-0.25, -0.2) is 4.79 Å². The van der Waals surface area contributed by atoms with Crippen LogP contribution in [0.3, 0.4) is 0 Å². The zero-order chi connectivity index (χ0) is 18.9. The molecule has 6 heteroatoms. The highest BCUT2D eigenvalue weighted by Gasteiger charge is 2.21. The van der Waals surface area contributed by atoms with E-state index in [4.69, 9.17) is 4.74 Å². The van der Waals surface area contributed by atoms with Crippen LogP contribution in [0.25, 0.3) is 5.70 Å². The van der Waals surface area contributed by atoms with Crippen LogP contribution in [-0.2, 0) is 4.74 Å². The Bertz CT molecular complexity index is 592. The molecule has 1 N–H and O–H groups in total. The number of nitrogens with one attached hydrogen (secondary N) is 1. The van der Waals surface area contributed by atoms with Crippen molar-refractivity contribution in [1.82, 2.24) is 10.2 Å². The second-order valence-electron chi connectivity index (χ2n) is 6.63. The lowest BCUT2D eigenvalue weighted by Crippen LogP contribution is -2.40. The third kappa shape index (κ3) is 8.20. The van der Waals surface area contributed by atoms with Crippen molar-refractivity contribution >= 4 is 34.4 Å². The average molecular weight is 410 g/mol. The fourth-order valence-electron chi connectivity index (χ4n) is 2.16. The first-order chi connectivity index (χ1) is 11.8. The Morgan fingerprint density at radius 2 is 1.96 bits per heavy atom. The number of hydrogen-bond donors (Lipinski definition) is 1. The van der Waals surface area contributed by atoms with E-state index in [1.807, 2.05) is 52.0 Å². The molecule has 1 rings (SSSR count). The predicted octanol–water partition coefficient (Wildman–Crippen LogP) is 4.68. The van der Waals surface area contributed by atoms with Crippen molar-refractivity contribution in [3.63, 3.8) is 0 Å². The van der Waals surface area contributed by atoms with Gasteiger partial charge < -0.3 is 15.0 Å². The molecule has 0 aliphatic carbocycles. The van der Waals surface area contributed by atoms with Gasteiger partial charge in [-0.3, -0.25) is 4.99 Å². The molecule has 1 aromatic carbocycles. The fraction of sp³-hybridized carbons (Fsp3) is 0.474. The van der Waals surface area contributed by atoms with E-state index >= 15 is 0 Å². The van der Waals surface area contributed by atoms with Crippen LogP contribution >= 0.6 is 15.9 Å². The predicted molar refractivity (Wildman–Crippen MR) is 108 cm³/mol. The molecule has 0 bridgehead atoms. The Kier molecular flexibility index (Phi) is 8.69. The number of nitrogens with zero attached hydrogens (tertiary/aromatic N) is 2. The van der Waals surface area contributed by atoms with E-state index in [-0.39, 0.29) is 6.09 Å². The van der Waals surface area contributed by atoms with Crippen LogP contribution in [0.2, 0.25) is 0 Å². The lowest BCUT2D eigenvalue weighted by molar-refractivity contribution is 0.0253. The van der Waals surface area contributed by atoms with E-state index in [0.29, 0.717) is 19.6 Å². The third-order valence-electron chi connectivity index (χ3n) is 3.22. The standard InChI is InChI=1S/C19H28BrN3O2/c1-6-12-23(18(24)25-19(2,3)4)13-11-22-17(14-21-5)15-7-9-16(20)10-8-15/h7-10,14,22H,5-6,11-13H2,1-4H3/b17-14-. The van der Waals surface area contributed by atoms with E-state index in [2.05, 4.69) is 33.0 Å². The molecule has 138 valence electrons. The van der Waals surface area contributed by atoms with Crippen LogP contribution < -0.4 is 5.32 Å². The van der Waals surface area contributed by atoms with Crippen LogP contribution in [0.1, 0.15) is 39.7 Å². The minimum absolute atomic E-state index is 0.285. The van der Waals surface area contributed by atoms with Gasteiger partial charge in [0.05, 0.1) is 5.70 Å². The summed E-state index contributed by atoms with van der Waals surface area (Å²) in [7, 11) is 0. The van der Waals surface area contributed by atoms with Gasteiger partial charge in [-0.2, -0.15) is 0 Å². The molecule has 0 fully saturated rings. The van der Waals surface area contributed by atoms with Crippen molar-refractivity contribution in [2.24, 2.45) is 4.99 Å². The second-order valence-corrected chi connectivity index (χ2v) is 7.54. The largest absolute Gasteiger partial charge is 0.444 e. The van der Waals surface area contributed by atoms with E-state index < -0.39 is 5.60 Å². The van der Waals surface area contributed by atoms with Gasteiger partial charge in [0.1, 0.15) is 5.60 Å². The second kappa shape index (κ2) is 10.2. The number of aliphatic imine (C=N–C) groups is 1. The van der Waals surface area contributed by atoms with E-state index in [1.165, 1.54) is 0 Å². The molecule has 0 aliphatic heterocycles. The highest BCUT2D eigenvalue weighted by Crippen LogP contribution is 2.16. The lowest BCUT2D eigenvalue weighted by atomic mass is 10.1. The van der Waals surface area contributed by atoms with Gasteiger partial charge in [-0.1, -0.05) is 35.0 Å². The van der Waals surface area contributed by atoms with Gasteiger partial charge in [0.2, 0.25) is 0 Å². The number of carbonyl (C=O) groups excluding carboxylic acids is 1. The minimum atomic E-state index is -0.494. The van der Waals surface area contributed by atoms with Gasteiger partial charge in [0, 0.05) is 30.3 Å². The highest BCUT2D eigenvalue weighted by atomic mass is 79.9. The first kappa shape index (κ1) is 21.2. The van der Waals surface area contributed by atoms with E-state index in [1.54, 1.807) is 11.1 Å². The summed E-state index contributed by atoms with van der Waals surface area (Å²) in [6.07, 6.45) is 2.27. The smallest absolute Gasteiger partial charge is 0.410 e. The number of ether oxygens (including phenoxy) is 1. The Labute approximate surface area is 159 Å². The molecule has 0 radical (unpaired) electrons. The monoisotopic (exact) mass is 409 g/mol. The van der Waals surface area contributed by atoms with Crippen molar-refractivity contribution in [2.75, 3.05) is 19.6 Å². The summed E-state index contributed by atoms with van der Waals surface area (Å²) in [5.41, 5.74) is 1.38. The molecule has 0 spiro atoms. The van der Waals surface area contributed by atoms with Crippen LogP contribution in [0.4, 0.5) is 4.79 Å². The summed E-state index contributed by atoms with van der Waals surface area (Å²) >= 11 is 3.43. The average Bonchev–Trinajstić information content (AvgIpc) is 2.52. The summed E-state index contributed by atoms with van der Waals surface area (Å²) in [4.78, 5) is 17.9. The molecule has 0 aliphatic rings. The maximum atomic E-state index is 12.3. The van der Waals surface area contributed by atoms with Crippen LogP contribution in [0.5, 0.6) is 0 Å². The number of rotatable bonds is 8. The van der Waals surface area contributed by atoms with Gasteiger partial charge in [-0.15, -0.1) is 0 Å². The van der Waals surface area contributed by atoms with Crippen molar-refractivity contribution in [3.8, 4) is 0 Å². The molecular formula is C19H28BrN3O2. The topological polar surface area (TPSA) is 53.9 Å². The molecular weight excluding hydrogens is 382 g/mol. The molecule has 0 saturated heterocycles. The quantitative estimate of drug-likeness (QED) is 0.633. The third-order valence-corrected chi connectivity index (χ3v) is 3.75. The first-order valence-electron chi connectivity index (χ1n) is 8.40. The Balaban J connectivity index is 2.68. The maximum absolute atomic E-state index is 12.3. The SMILES string of the molecule is C=N/C=C(\NCCN(CCC)C(=O)OC(C)(C)C)c1ccc(Br)cc1. The Morgan fingerprint density at radius 1 is 1.32 bits per heavy atom. The van der Waals surface area contributed by atoms with E-state index in [0.717, 1.165) is 22.2 Å². The van der Waals surface area contributed by atoms with Crippen molar-refractivity contribution < 1.29 is 9.53 Å². The minimum Gasteiger partial charge on any atom is -0.444 e. The summed E-state index contributed by atoms with van der Waals surface area (Å²) in [5, 5.41) is 3.33. The fourth-order valence-corrected chi connectivity index (χ4v) is 2.42. The zero-order valence-corrected chi connectivity index (χ0v) is 17.1. The molecule has 1 aromatic rings. The summed E-state index contributed by atoms with van der Waals surface area (Å²) in [6, 6.07) is 7.92. The Hall–Kier alpha value is -1.82. The zero-order valence-electron chi connectivity index (χ0n) is 15.5. The van der Waals surface area contributed by atoms with Gasteiger partial charge in [0.25, 0.3) is 0 Å². The molecule has 25 heavy (non-hydrogen) atoms. The maximum Gasteiger partial charge on any atom is 0.410 e. The van der Waals surface area contributed by atoms with Crippen molar-refractivity contribution in [2.45, 2.75) is 39.7 Å². The number of hydrogen-bond acceptors (Lipinski definition) is 4. The molecule has 0 heterocycles. The first-order valence-corrected chi connectivity index (χ1v) is 9.20. The molecule has 0 unspecified atom stereocenters. The molecule has 0 aromatic heterocycles. The lowest BCUT2D eigenvalue weighted by Gasteiger charge is -2.27. The number of benzene rings is 1. The van der Waals surface area contributed by atoms with Gasteiger partial charge >= 0.3 is 6.09 Å². The number of amides is 1. The van der Waals surface area contributed by atoms with Gasteiger partial charge in [0.15, 0.2) is 0 Å². The van der Waals surface area contributed by atoms with Crippen LogP contribution in [0, 0.1) is 0 Å². The van der Waals surface area contributed by atoms with E-state index in [9.17, 15) is 4.79 Å². The van der Waals surface area contributed by atoms with Crippen molar-refractivity contribution in [1.29, 1.82) is 0 Å². The summed E-state index contributed by atoms with van der Waals surface area (Å²) in [6.45, 7) is 13.0. The Morgan fingerprint density at radius 3 is 2.48 bits per heavy atom. The summed E-state index contributed by atoms with van der Waals surface area (Å²) < 4.78 is 6.48. The van der Waals surface area contributed by atoms with Crippen LogP contribution in [-0.4, -0.2) is 42.9 Å². The normalized spacial score (nSPS) is 11.8. The molecule has 0 saturated carbocycles. The molecule has 5 nitrogen and oxygen atoms in total. The summed E-state index contributed by atoms with van der Waals surface area (Å²) in [5.74, 6) is 0. The molecule has 1 amide bonds. The number of carbonyl (C=O) groups is 1. The molecule has 0 atom stereocenters. The van der Waals surface area contributed by atoms with Crippen molar-refractivity contribution in [3.05, 3.63) is 40.5 Å². The van der Waals surface area contributed by atoms with Crippen LogP contribution in [0.15, 0.2) is 39.9 Å². The number of halogens is 1.